The van der Waals surface area contributed by atoms with Gasteiger partial charge in [0.2, 0.25) is 0 Å². The van der Waals surface area contributed by atoms with E-state index < -0.39 is 5.97 Å². The highest BCUT2D eigenvalue weighted by Gasteiger charge is 2.17. The molecule has 0 radical (unpaired) electrons. The first-order valence-electron chi connectivity index (χ1n) is 11.7. The van der Waals surface area contributed by atoms with Crippen molar-refractivity contribution >= 4 is 39.6 Å². The summed E-state index contributed by atoms with van der Waals surface area (Å²) < 4.78 is 5.26. The normalized spacial score (nSPS) is 14.1. The molecule has 0 amide bonds. The van der Waals surface area contributed by atoms with Gasteiger partial charge in [0.15, 0.2) is 5.82 Å². The monoisotopic (exact) mass is 489 g/mol. The zero-order valence-corrected chi connectivity index (χ0v) is 20.2. The molecule has 1 aliphatic carbocycles. The number of carboxylic acids is 1. The fourth-order valence-electron chi connectivity index (χ4n) is 4.67. The number of hydrogen-bond donors (Lipinski definition) is 3. The second kappa shape index (κ2) is 9.93. The van der Waals surface area contributed by atoms with E-state index >= 15 is 0 Å². The molecule has 1 heterocycles. The average Bonchev–Trinajstić information content (AvgIpc) is 3.39. The Morgan fingerprint density at radius 2 is 1.86 bits per heavy atom. The van der Waals surface area contributed by atoms with Gasteiger partial charge < -0.3 is 9.84 Å². The molecule has 0 aliphatic heterocycles. The smallest absolute Gasteiger partial charge is 0.335 e. The van der Waals surface area contributed by atoms with E-state index in [-0.39, 0.29) is 5.56 Å². The molecular weight excluding hydrogens is 462 g/mol. The Morgan fingerprint density at radius 3 is 2.63 bits per heavy atom. The number of aromatic carboxylic acids is 1. The summed E-state index contributed by atoms with van der Waals surface area (Å²) in [5.41, 5.74) is 5.71. The minimum Gasteiger partial charge on any atom is -0.494 e. The Morgan fingerprint density at radius 1 is 1.06 bits per heavy atom. The van der Waals surface area contributed by atoms with E-state index in [1.807, 2.05) is 6.07 Å². The lowest BCUT2D eigenvalue weighted by Crippen LogP contribution is -2.26. The van der Waals surface area contributed by atoms with Crippen molar-refractivity contribution in [2.75, 3.05) is 17.7 Å². The maximum Gasteiger partial charge on any atom is 0.335 e. The van der Waals surface area contributed by atoms with E-state index in [4.69, 9.17) is 9.84 Å². The van der Waals surface area contributed by atoms with Gasteiger partial charge in [-0.3, -0.25) is 10.6 Å². The third kappa shape index (κ3) is 4.94. The molecule has 7 nitrogen and oxygen atoms in total. The second-order valence-corrected chi connectivity index (χ2v) is 9.67. The number of benzene rings is 3. The number of aromatic nitrogens is 1. The van der Waals surface area contributed by atoms with Crippen molar-refractivity contribution in [3.63, 3.8) is 0 Å². The summed E-state index contributed by atoms with van der Waals surface area (Å²) in [6, 6.07) is 17.5. The lowest BCUT2D eigenvalue weighted by molar-refractivity contribution is 0.0696. The number of anilines is 2. The second-order valence-electron chi connectivity index (χ2n) is 8.81. The predicted molar refractivity (Wildman–Crippen MR) is 139 cm³/mol. The maximum absolute atomic E-state index is 11.2. The minimum absolute atomic E-state index is 0.0933. The summed E-state index contributed by atoms with van der Waals surface area (Å²) in [7, 11) is 1.44. The van der Waals surface area contributed by atoms with Crippen LogP contribution in [0, 0.1) is 0 Å². The van der Waals surface area contributed by atoms with Crippen LogP contribution in [0.5, 0.6) is 5.75 Å². The van der Waals surface area contributed by atoms with E-state index in [9.17, 15) is 10.0 Å². The van der Waals surface area contributed by atoms with Crippen LogP contribution in [0.25, 0.3) is 21.3 Å². The fraction of sp³-hybridized carbons (Fsp3) is 0.259. The van der Waals surface area contributed by atoms with Gasteiger partial charge in [0.05, 0.1) is 18.4 Å². The van der Waals surface area contributed by atoms with E-state index in [0.717, 1.165) is 15.7 Å². The van der Waals surface area contributed by atoms with E-state index in [1.54, 1.807) is 5.38 Å². The molecule has 4 aromatic rings. The molecule has 0 spiro atoms. The number of hydrazine groups is 1. The molecule has 0 atom stereocenters. The lowest BCUT2D eigenvalue weighted by Gasteiger charge is -2.22. The van der Waals surface area contributed by atoms with Crippen molar-refractivity contribution < 1.29 is 19.8 Å². The Kier molecular flexibility index (Phi) is 6.57. The van der Waals surface area contributed by atoms with Crippen LogP contribution in [0.2, 0.25) is 0 Å². The highest BCUT2D eigenvalue weighted by atomic mass is 32.1. The number of rotatable bonds is 7. The van der Waals surface area contributed by atoms with Gasteiger partial charge in [-0.25, -0.2) is 9.78 Å². The number of thiazole rings is 1. The van der Waals surface area contributed by atoms with Crippen LogP contribution in [0.1, 0.15) is 53.9 Å². The molecule has 1 aromatic heterocycles. The summed E-state index contributed by atoms with van der Waals surface area (Å²) >= 11 is 1.44. The Bertz CT molecular complexity index is 1360. The zero-order chi connectivity index (χ0) is 24.4. The maximum atomic E-state index is 11.2. The summed E-state index contributed by atoms with van der Waals surface area (Å²) in [5.74, 6) is 0.216. The number of nitrogens with one attached hydrogen (secondary N) is 1. The minimum atomic E-state index is -1.05. The van der Waals surface area contributed by atoms with Crippen LogP contribution in [0.3, 0.4) is 0 Å². The Hall–Kier alpha value is -3.62. The molecular formula is C27H27N3O4S. The number of carboxylic acid groups (broad SMARTS) is 1. The van der Waals surface area contributed by atoms with Crippen LogP contribution in [0.15, 0.2) is 60.0 Å². The Balaban J connectivity index is 1.36. The highest BCUT2D eigenvalue weighted by molar-refractivity contribution is 7.13. The number of methoxy groups -OCH3 is 1. The number of carbonyl (C=O) groups is 1. The number of nitrogens with zero attached hydrogens (tertiary/aromatic N) is 2. The van der Waals surface area contributed by atoms with Crippen LogP contribution >= 0.6 is 11.3 Å². The predicted octanol–water partition coefficient (Wildman–Crippen LogP) is 6.94. The van der Waals surface area contributed by atoms with Crippen molar-refractivity contribution in [1.29, 1.82) is 0 Å². The van der Waals surface area contributed by atoms with Gasteiger partial charge in [-0.1, -0.05) is 49.6 Å². The molecule has 0 saturated heterocycles. The van der Waals surface area contributed by atoms with Crippen LogP contribution in [0.4, 0.5) is 11.5 Å². The molecule has 8 heteroatoms. The van der Waals surface area contributed by atoms with Crippen molar-refractivity contribution in [2.45, 2.75) is 38.0 Å². The summed E-state index contributed by atoms with van der Waals surface area (Å²) in [4.78, 5) is 15.8. The van der Waals surface area contributed by atoms with Gasteiger partial charge in [0.25, 0.3) is 0 Å². The molecule has 1 saturated carbocycles. The summed E-state index contributed by atoms with van der Waals surface area (Å²) in [6.45, 7) is 0. The molecule has 35 heavy (non-hydrogen) atoms. The van der Waals surface area contributed by atoms with Crippen molar-refractivity contribution in [3.05, 3.63) is 71.1 Å². The first-order chi connectivity index (χ1) is 17.0. The molecule has 3 aromatic carbocycles. The van der Waals surface area contributed by atoms with Gasteiger partial charge in [-0.15, -0.1) is 16.5 Å². The molecule has 1 fully saturated rings. The largest absolute Gasteiger partial charge is 0.494 e. The van der Waals surface area contributed by atoms with Crippen molar-refractivity contribution in [3.8, 4) is 16.3 Å². The van der Waals surface area contributed by atoms with Crippen molar-refractivity contribution in [1.82, 2.24) is 4.98 Å². The standard InChI is InChI=1S/C27H27N3O4S/c1-34-24-15-21(27(31)32)11-12-23(24)29-30(33)25-16-35-26(28-25)20-10-8-18-7-9-19(13-22(18)14-20)17-5-3-2-4-6-17/h7-17,29,33H,2-6H2,1H3,(H,31,32). The number of hydrogen-bond acceptors (Lipinski definition) is 7. The third-order valence-corrected chi connectivity index (χ3v) is 7.45. The summed E-state index contributed by atoms with van der Waals surface area (Å²) in [6.07, 6.45) is 6.50. The van der Waals surface area contributed by atoms with Crippen LogP contribution in [-0.4, -0.2) is 28.4 Å². The van der Waals surface area contributed by atoms with Gasteiger partial charge in [-0.2, -0.15) is 0 Å². The topological polar surface area (TPSA) is 94.9 Å². The first kappa shape index (κ1) is 23.1. The SMILES string of the molecule is COc1cc(C(=O)O)ccc1NN(O)c1csc(-c2ccc3ccc(C4CCCCC4)cc3c2)n1. The van der Waals surface area contributed by atoms with E-state index in [0.29, 0.717) is 23.2 Å². The average molecular weight is 490 g/mol. The third-order valence-electron chi connectivity index (χ3n) is 6.57. The fourth-order valence-corrected chi connectivity index (χ4v) is 5.45. The quantitative estimate of drug-likeness (QED) is 0.242. The van der Waals surface area contributed by atoms with E-state index in [1.165, 1.54) is 85.1 Å². The first-order valence-corrected chi connectivity index (χ1v) is 12.6. The molecule has 3 N–H and O–H groups in total. The van der Waals surface area contributed by atoms with Gasteiger partial charge in [0, 0.05) is 10.9 Å². The molecule has 1 aliphatic rings. The Labute approximate surface area is 207 Å². The number of fused-ring (bicyclic) bond motifs is 1. The van der Waals surface area contributed by atoms with Crippen molar-refractivity contribution in [2.24, 2.45) is 0 Å². The molecule has 0 unspecified atom stereocenters. The van der Waals surface area contributed by atoms with Crippen LogP contribution in [-0.2, 0) is 0 Å². The lowest BCUT2D eigenvalue weighted by atomic mass is 9.83. The molecule has 180 valence electrons. The van der Waals surface area contributed by atoms with Gasteiger partial charge in [0.1, 0.15) is 10.8 Å². The molecule has 0 bridgehead atoms. The van der Waals surface area contributed by atoms with Gasteiger partial charge in [-0.05, 0) is 59.4 Å². The van der Waals surface area contributed by atoms with Crippen LogP contribution < -0.4 is 15.3 Å². The molecule has 5 rings (SSSR count). The highest BCUT2D eigenvalue weighted by Crippen LogP contribution is 2.36. The van der Waals surface area contributed by atoms with E-state index in [2.05, 4.69) is 40.7 Å². The zero-order valence-electron chi connectivity index (χ0n) is 19.4. The summed E-state index contributed by atoms with van der Waals surface area (Å²) in [5, 5.41) is 25.5. The number of ether oxygens (including phenoxy) is 1. The van der Waals surface area contributed by atoms with Gasteiger partial charge >= 0.3 is 5.97 Å².